The van der Waals surface area contributed by atoms with Gasteiger partial charge in [-0.25, -0.2) is 0 Å². The third-order valence-corrected chi connectivity index (χ3v) is 5.54. The molecular weight excluding hydrogens is 264 g/mol. The van der Waals surface area contributed by atoms with E-state index >= 15 is 0 Å². The van der Waals surface area contributed by atoms with E-state index in [0.29, 0.717) is 12.1 Å². The number of hydrogen-bond donors (Lipinski definition) is 1. The standard InChI is InChI=1S/C17H30N2S/c1-4-19(5-2)12-7-8-14(3)18-16-9-6-10-17-15(16)11-13-20-17/h11,13-14,16,18H,4-10,12H2,1-3H3. The van der Waals surface area contributed by atoms with Crippen molar-refractivity contribution in [2.45, 2.75) is 65.0 Å². The van der Waals surface area contributed by atoms with Crippen molar-refractivity contribution >= 4 is 11.3 Å². The minimum Gasteiger partial charge on any atom is -0.307 e. The summed E-state index contributed by atoms with van der Waals surface area (Å²) in [5.41, 5.74) is 1.58. The molecule has 2 nitrogen and oxygen atoms in total. The summed E-state index contributed by atoms with van der Waals surface area (Å²) >= 11 is 1.94. The number of hydrogen-bond acceptors (Lipinski definition) is 3. The molecule has 2 unspecified atom stereocenters. The van der Waals surface area contributed by atoms with E-state index in [1.807, 2.05) is 11.3 Å². The fourth-order valence-electron chi connectivity index (χ4n) is 3.25. The zero-order chi connectivity index (χ0) is 14.4. The predicted molar refractivity (Wildman–Crippen MR) is 89.6 cm³/mol. The number of nitrogens with one attached hydrogen (secondary N) is 1. The number of aryl methyl sites for hydroxylation is 1. The van der Waals surface area contributed by atoms with Gasteiger partial charge in [0.15, 0.2) is 0 Å². The fraction of sp³-hybridized carbons (Fsp3) is 0.765. The van der Waals surface area contributed by atoms with Crippen molar-refractivity contribution in [2.24, 2.45) is 0 Å². The predicted octanol–water partition coefficient (Wildman–Crippen LogP) is 4.23. The maximum Gasteiger partial charge on any atom is 0.0333 e. The van der Waals surface area contributed by atoms with Crippen molar-refractivity contribution in [3.63, 3.8) is 0 Å². The zero-order valence-corrected chi connectivity index (χ0v) is 14.1. The highest BCUT2D eigenvalue weighted by molar-refractivity contribution is 7.10. The number of thiophene rings is 1. The number of rotatable bonds is 8. The fourth-order valence-corrected chi connectivity index (χ4v) is 4.23. The molecule has 3 heteroatoms. The second-order valence-corrected chi connectivity index (χ2v) is 6.98. The van der Waals surface area contributed by atoms with Crippen LogP contribution in [-0.2, 0) is 6.42 Å². The molecule has 1 heterocycles. The first-order valence-electron chi connectivity index (χ1n) is 8.29. The van der Waals surface area contributed by atoms with Gasteiger partial charge < -0.3 is 10.2 Å². The Morgan fingerprint density at radius 2 is 2.20 bits per heavy atom. The molecule has 0 bridgehead atoms. The van der Waals surface area contributed by atoms with Crippen LogP contribution in [0.2, 0.25) is 0 Å². The van der Waals surface area contributed by atoms with Crippen molar-refractivity contribution < 1.29 is 0 Å². The minimum absolute atomic E-state index is 0.605. The smallest absolute Gasteiger partial charge is 0.0333 e. The lowest BCUT2D eigenvalue weighted by molar-refractivity contribution is 0.286. The summed E-state index contributed by atoms with van der Waals surface area (Å²) in [5, 5.41) is 6.12. The van der Waals surface area contributed by atoms with E-state index in [-0.39, 0.29) is 0 Å². The summed E-state index contributed by atoms with van der Waals surface area (Å²) in [5.74, 6) is 0. The summed E-state index contributed by atoms with van der Waals surface area (Å²) in [4.78, 5) is 4.13. The van der Waals surface area contributed by atoms with Crippen LogP contribution in [-0.4, -0.2) is 30.6 Å². The molecule has 2 rings (SSSR count). The van der Waals surface area contributed by atoms with Gasteiger partial charge in [0.2, 0.25) is 0 Å². The Morgan fingerprint density at radius 3 is 2.95 bits per heavy atom. The molecule has 0 saturated carbocycles. The molecule has 0 aromatic carbocycles. The molecule has 0 aliphatic heterocycles. The van der Waals surface area contributed by atoms with E-state index in [2.05, 4.69) is 42.4 Å². The Hall–Kier alpha value is -0.380. The van der Waals surface area contributed by atoms with Crippen molar-refractivity contribution in [1.82, 2.24) is 10.2 Å². The Kier molecular flexibility index (Phi) is 6.53. The van der Waals surface area contributed by atoms with Crippen LogP contribution in [0.25, 0.3) is 0 Å². The van der Waals surface area contributed by atoms with Gasteiger partial charge >= 0.3 is 0 Å². The largest absolute Gasteiger partial charge is 0.307 e. The first-order chi connectivity index (χ1) is 9.74. The van der Waals surface area contributed by atoms with Gasteiger partial charge in [-0.15, -0.1) is 11.3 Å². The van der Waals surface area contributed by atoms with Crippen LogP contribution in [0.1, 0.15) is 62.9 Å². The highest BCUT2D eigenvalue weighted by atomic mass is 32.1. The Bertz CT molecular complexity index is 384. The van der Waals surface area contributed by atoms with E-state index in [9.17, 15) is 0 Å². The van der Waals surface area contributed by atoms with Crippen LogP contribution in [0.15, 0.2) is 11.4 Å². The maximum absolute atomic E-state index is 3.86. The molecule has 1 aliphatic carbocycles. The summed E-state index contributed by atoms with van der Waals surface area (Å²) in [6.45, 7) is 10.5. The van der Waals surface area contributed by atoms with Gasteiger partial charge in [0.05, 0.1) is 0 Å². The number of nitrogens with zero attached hydrogens (tertiary/aromatic N) is 1. The minimum atomic E-state index is 0.605. The molecule has 114 valence electrons. The molecule has 0 fully saturated rings. The van der Waals surface area contributed by atoms with Crippen LogP contribution < -0.4 is 5.32 Å². The van der Waals surface area contributed by atoms with Crippen LogP contribution in [0.4, 0.5) is 0 Å². The van der Waals surface area contributed by atoms with E-state index in [0.717, 1.165) is 0 Å². The monoisotopic (exact) mass is 294 g/mol. The lowest BCUT2D eigenvalue weighted by Crippen LogP contribution is -2.33. The normalized spacial score (nSPS) is 20.1. The molecule has 1 aromatic heterocycles. The molecule has 1 aromatic rings. The van der Waals surface area contributed by atoms with Crippen molar-refractivity contribution in [3.8, 4) is 0 Å². The summed E-state index contributed by atoms with van der Waals surface area (Å²) in [6, 6.07) is 3.56. The Morgan fingerprint density at radius 1 is 1.40 bits per heavy atom. The lowest BCUT2D eigenvalue weighted by atomic mass is 9.93. The molecule has 1 aliphatic rings. The average molecular weight is 295 g/mol. The van der Waals surface area contributed by atoms with Crippen LogP contribution >= 0.6 is 11.3 Å². The van der Waals surface area contributed by atoms with Crippen LogP contribution in [0.5, 0.6) is 0 Å². The van der Waals surface area contributed by atoms with Crippen molar-refractivity contribution in [1.29, 1.82) is 0 Å². The SMILES string of the molecule is CCN(CC)CCCC(C)NC1CCCc2sccc21. The quantitative estimate of drug-likeness (QED) is 0.772. The Balaban J connectivity index is 1.74. The second kappa shape index (κ2) is 8.16. The van der Waals surface area contributed by atoms with Crippen LogP contribution in [0.3, 0.4) is 0 Å². The Labute approximate surface area is 128 Å². The van der Waals surface area contributed by atoms with E-state index in [4.69, 9.17) is 0 Å². The third kappa shape index (κ3) is 4.31. The molecule has 0 spiro atoms. The van der Waals surface area contributed by atoms with E-state index in [1.165, 1.54) is 51.7 Å². The molecule has 20 heavy (non-hydrogen) atoms. The highest BCUT2D eigenvalue weighted by Gasteiger charge is 2.22. The number of fused-ring (bicyclic) bond motifs is 1. The topological polar surface area (TPSA) is 15.3 Å². The first kappa shape index (κ1) is 16.0. The second-order valence-electron chi connectivity index (χ2n) is 5.98. The van der Waals surface area contributed by atoms with Gasteiger partial charge in [0.25, 0.3) is 0 Å². The van der Waals surface area contributed by atoms with Gasteiger partial charge in [-0.2, -0.15) is 0 Å². The highest BCUT2D eigenvalue weighted by Crippen LogP contribution is 2.33. The van der Waals surface area contributed by atoms with Gasteiger partial charge in [-0.1, -0.05) is 13.8 Å². The zero-order valence-electron chi connectivity index (χ0n) is 13.3. The van der Waals surface area contributed by atoms with Gasteiger partial charge in [-0.3, -0.25) is 0 Å². The summed E-state index contributed by atoms with van der Waals surface area (Å²) in [7, 11) is 0. The summed E-state index contributed by atoms with van der Waals surface area (Å²) < 4.78 is 0. The van der Waals surface area contributed by atoms with Gasteiger partial charge in [-0.05, 0) is 75.7 Å². The van der Waals surface area contributed by atoms with Gasteiger partial charge in [0.1, 0.15) is 0 Å². The molecule has 0 saturated heterocycles. The first-order valence-corrected chi connectivity index (χ1v) is 9.17. The van der Waals surface area contributed by atoms with Crippen molar-refractivity contribution in [3.05, 3.63) is 21.9 Å². The molecule has 1 N–H and O–H groups in total. The third-order valence-electron chi connectivity index (χ3n) is 4.54. The van der Waals surface area contributed by atoms with Gasteiger partial charge in [0, 0.05) is 17.0 Å². The average Bonchev–Trinajstić information content (AvgIpc) is 2.93. The molecule has 2 atom stereocenters. The van der Waals surface area contributed by atoms with E-state index < -0.39 is 0 Å². The summed E-state index contributed by atoms with van der Waals surface area (Å²) in [6.07, 6.45) is 6.54. The van der Waals surface area contributed by atoms with Crippen LogP contribution in [0, 0.1) is 0 Å². The van der Waals surface area contributed by atoms with E-state index in [1.54, 1.807) is 10.4 Å². The lowest BCUT2D eigenvalue weighted by Gasteiger charge is -2.28. The molecule has 0 radical (unpaired) electrons. The molecule has 0 amide bonds. The van der Waals surface area contributed by atoms with Crippen molar-refractivity contribution in [2.75, 3.05) is 19.6 Å². The maximum atomic E-state index is 3.86. The molecular formula is C17H30N2S.